The molecule has 2 aliphatic rings. The molecule has 0 atom stereocenters. The second-order valence-electron chi connectivity index (χ2n) is 8.44. The molecule has 1 aliphatic heterocycles. The Kier molecular flexibility index (Phi) is 6.60. The number of hydrogen-bond acceptors (Lipinski definition) is 2. The van der Waals surface area contributed by atoms with Crippen molar-refractivity contribution in [2.75, 3.05) is 13.1 Å². The number of piperidine rings is 1. The Labute approximate surface area is 165 Å². The van der Waals surface area contributed by atoms with Crippen molar-refractivity contribution in [2.24, 2.45) is 0 Å². The Balaban J connectivity index is 1.40. The molecule has 2 nitrogen and oxygen atoms in total. The monoisotopic (exact) mass is 362 g/mol. The summed E-state index contributed by atoms with van der Waals surface area (Å²) in [6, 6.07) is 23.6. The van der Waals surface area contributed by atoms with E-state index in [-0.39, 0.29) is 0 Å². The summed E-state index contributed by atoms with van der Waals surface area (Å²) in [7, 11) is 0. The summed E-state index contributed by atoms with van der Waals surface area (Å²) in [5.74, 6) is 0. The maximum atomic E-state index is 2.79. The van der Waals surface area contributed by atoms with E-state index >= 15 is 0 Å². The van der Waals surface area contributed by atoms with Gasteiger partial charge in [-0.3, -0.25) is 4.90 Å². The van der Waals surface area contributed by atoms with Gasteiger partial charge in [-0.15, -0.1) is 0 Å². The van der Waals surface area contributed by atoms with E-state index in [1.807, 2.05) is 0 Å². The van der Waals surface area contributed by atoms with E-state index in [1.165, 1.54) is 69.2 Å². The van der Waals surface area contributed by atoms with Crippen molar-refractivity contribution >= 4 is 0 Å². The third kappa shape index (κ3) is 5.21. The number of likely N-dealkylation sites (tertiary alicyclic amines) is 1. The molecule has 1 aliphatic carbocycles. The fraction of sp³-hybridized carbons (Fsp3) is 0.520. The van der Waals surface area contributed by atoms with Gasteiger partial charge >= 0.3 is 0 Å². The summed E-state index contributed by atoms with van der Waals surface area (Å²) in [5, 5.41) is 0. The third-order valence-electron chi connectivity index (χ3n) is 6.55. The first kappa shape index (κ1) is 18.7. The first-order chi connectivity index (χ1) is 13.4. The summed E-state index contributed by atoms with van der Waals surface area (Å²) in [6.07, 6.45) is 9.72. The highest BCUT2D eigenvalue weighted by Crippen LogP contribution is 2.30. The Morgan fingerprint density at radius 3 is 1.70 bits per heavy atom. The average Bonchev–Trinajstić information content (AvgIpc) is 2.76. The highest BCUT2D eigenvalue weighted by molar-refractivity contribution is 5.17. The highest BCUT2D eigenvalue weighted by Gasteiger charge is 2.29. The Hall–Kier alpha value is -1.64. The summed E-state index contributed by atoms with van der Waals surface area (Å²) in [5.41, 5.74) is 2.87. The lowest BCUT2D eigenvalue weighted by molar-refractivity contribution is 0.0762. The minimum absolute atomic E-state index is 0.714. The van der Waals surface area contributed by atoms with Crippen LogP contribution in [0.1, 0.15) is 56.1 Å². The molecule has 4 rings (SSSR count). The smallest absolute Gasteiger partial charge is 0.0240 e. The van der Waals surface area contributed by atoms with Crippen molar-refractivity contribution in [3.63, 3.8) is 0 Å². The molecule has 27 heavy (non-hydrogen) atoms. The van der Waals surface area contributed by atoms with Gasteiger partial charge in [-0.1, -0.05) is 67.1 Å². The van der Waals surface area contributed by atoms with Crippen LogP contribution in [-0.2, 0) is 13.1 Å². The van der Waals surface area contributed by atoms with Gasteiger partial charge in [0.1, 0.15) is 0 Å². The van der Waals surface area contributed by atoms with Crippen molar-refractivity contribution in [3.05, 3.63) is 71.8 Å². The van der Waals surface area contributed by atoms with Gasteiger partial charge in [-0.2, -0.15) is 0 Å². The lowest BCUT2D eigenvalue weighted by Crippen LogP contribution is -2.45. The minimum atomic E-state index is 0.714. The summed E-state index contributed by atoms with van der Waals surface area (Å²) in [4.78, 5) is 5.52. The van der Waals surface area contributed by atoms with Gasteiger partial charge in [0, 0.05) is 25.2 Å². The van der Waals surface area contributed by atoms with Crippen molar-refractivity contribution in [1.82, 2.24) is 9.80 Å². The minimum Gasteiger partial charge on any atom is -0.300 e. The summed E-state index contributed by atoms with van der Waals surface area (Å²) in [6.45, 7) is 4.81. The molecule has 2 aromatic carbocycles. The summed E-state index contributed by atoms with van der Waals surface area (Å²) >= 11 is 0. The Bertz CT molecular complexity index is 614. The molecule has 1 saturated carbocycles. The highest BCUT2D eigenvalue weighted by atomic mass is 15.2. The third-order valence-corrected chi connectivity index (χ3v) is 6.55. The van der Waals surface area contributed by atoms with Gasteiger partial charge in [-0.05, 0) is 62.7 Å². The van der Waals surface area contributed by atoms with Crippen LogP contribution in [0, 0.1) is 0 Å². The number of hydrogen-bond donors (Lipinski definition) is 0. The van der Waals surface area contributed by atoms with Crippen molar-refractivity contribution in [2.45, 2.75) is 70.1 Å². The SMILES string of the molecule is c1ccc(CN(Cc2ccccc2)[C@H]2CC[C@@H](N3CCCCC3)CC2)cc1. The largest absolute Gasteiger partial charge is 0.300 e. The second kappa shape index (κ2) is 9.52. The van der Waals surface area contributed by atoms with Crippen LogP contribution in [0.2, 0.25) is 0 Å². The quantitative estimate of drug-likeness (QED) is 0.671. The molecule has 144 valence electrons. The van der Waals surface area contributed by atoms with Crippen LogP contribution in [0.25, 0.3) is 0 Å². The van der Waals surface area contributed by atoms with E-state index in [4.69, 9.17) is 0 Å². The number of nitrogens with zero attached hydrogens (tertiary/aromatic N) is 2. The predicted molar refractivity (Wildman–Crippen MR) is 114 cm³/mol. The Morgan fingerprint density at radius 2 is 1.19 bits per heavy atom. The zero-order chi connectivity index (χ0) is 18.3. The summed E-state index contributed by atoms with van der Waals surface area (Å²) < 4.78 is 0. The topological polar surface area (TPSA) is 6.48 Å². The van der Waals surface area contributed by atoms with Crippen molar-refractivity contribution in [3.8, 4) is 0 Å². The zero-order valence-electron chi connectivity index (χ0n) is 16.6. The molecule has 0 radical (unpaired) electrons. The van der Waals surface area contributed by atoms with Gasteiger partial charge in [-0.25, -0.2) is 0 Å². The lowest BCUT2D eigenvalue weighted by atomic mass is 9.88. The lowest BCUT2D eigenvalue weighted by Gasteiger charge is -2.42. The first-order valence-corrected chi connectivity index (χ1v) is 10.9. The van der Waals surface area contributed by atoms with Crippen LogP contribution in [-0.4, -0.2) is 35.0 Å². The molecular weight excluding hydrogens is 328 g/mol. The second-order valence-corrected chi connectivity index (χ2v) is 8.44. The van der Waals surface area contributed by atoms with Gasteiger partial charge in [0.25, 0.3) is 0 Å². The van der Waals surface area contributed by atoms with E-state index in [9.17, 15) is 0 Å². The zero-order valence-corrected chi connectivity index (χ0v) is 16.6. The molecule has 1 saturated heterocycles. The van der Waals surface area contributed by atoms with Crippen LogP contribution in [0.5, 0.6) is 0 Å². The maximum absolute atomic E-state index is 2.79. The molecular formula is C25H34N2. The molecule has 2 heteroatoms. The molecule has 0 amide bonds. The van der Waals surface area contributed by atoms with Crippen LogP contribution >= 0.6 is 0 Å². The van der Waals surface area contributed by atoms with Crippen molar-refractivity contribution < 1.29 is 0 Å². The fourth-order valence-corrected chi connectivity index (χ4v) is 5.02. The molecule has 2 aromatic rings. The van der Waals surface area contributed by atoms with E-state index in [1.54, 1.807) is 0 Å². The average molecular weight is 363 g/mol. The molecule has 0 N–H and O–H groups in total. The van der Waals surface area contributed by atoms with Gasteiger partial charge in [0.2, 0.25) is 0 Å². The van der Waals surface area contributed by atoms with Gasteiger partial charge in [0.05, 0.1) is 0 Å². The molecule has 0 aromatic heterocycles. The molecule has 0 unspecified atom stereocenters. The maximum Gasteiger partial charge on any atom is 0.0240 e. The van der Waals surface area contributed by atoms with Crippen LogP contribution in [0.15, 0.2) is 60.7 Å². The van der Waals surface area contributed by atoms with Crippen LogP contribution in [0.4, 0.5) is 0 Å². The van der Waals surface area contributed by atoms with Gasteiger partial charge in [0.15, 0.2) is 0 Å². The fourth-order valence-electron chi connectivity index (χ4n) is 5.02. The van der Waals surface area contributed by atoms with Crippen LogP contribution in [0.3, 0.4) is 0 Å². The molecule has 1 heterocycles. The van der Waals surface area contributed by atoms with E-state index in [0.29, 0.717) is 6.04 Å². The normalized spacial score (nSPS) is 24.2. The van der Waals surface area contributed by atoms with Crippen LogP contribution < -0.4 is 0 Å². The Morgan fingerprint density at radius 1 is 0.667 bits per heavy atom. The molecule has 0 spiro atoms. The molecule has 2 fully saturated rings. The van der Waals surface area contributed by atoms with E-state index < -0.39 is 0 Å². The predicted octanol–water partition coefficient (Wildman–Crippen LogP) is 5.49. The van der Waals surface area contributed by atoms with E-state index in [0.717, 1.165) is 19.1 Å². The van der Waals surface area contributed by atoms with Gasteiger partial charge < -0.3 is 4.90 Å². The van der Waals surface area contributed by atoms with E-state index in [2.05, 4.69) is 70.5 Å². The standard InChI is InChI=1S/C25H34N2/c1-4-10-22(11-5-1)20-27(21-23-12-6-2-7-13-23)25-16-14-24(15-17-25)26-18-8-3-9-19-26/h1-2,4-7,10-13,24-25H,3,8-9,14-21H2/t24-,25+. The number of rotatable bonds is 6. The first-order valence-electron chi connectivity index (χ1n) is 10.9. The number of benzene rings is 2. The van der Waals surface area contributed by atoms with Crippen molar-refractivity contribution in [1.29, 1.82) is 0 Å². The molecule has 0 bridgehead atoms.